The number of methoxy groups -OCH3 is 2. The first-order chi connectivity index (χ1) is 15.0. The molecule has 0 bridgehead atoms. The lowest BCUT2D eigenvalue weighted by atomic mass is 9.97. The van der Waals surface area contributed by atoms with Gasteiger partial charge in [-0.1, -0.05) is 0 Å². The zero-order valence-electron chi connectivity index (χ0n) is 19.0. The average Bonchev–Trinajstić information content (AvgIpc) is 2.79. The molecule has 2 N–H and O–H groups in total. The van der Waals surface area contributed by atoms with Gasteiger partial charge in [-0.05, 0) is 81.1 Å². The minimum absolute atomic E-state index is 0.303. The monoisotopic (exact) mass is 427 g/mol. The lowest BCUT2D eigenvalue weighted by Gasteiger charge is -2.36. The maximum atomic E-state index is 10.5. The third-order valence-corrected chi connectivity index (χ3v) is 6.06. The fraction of sp³-hybridized carbons (Fsp3) is 0.480. The number of aliphatic hydroxyl groups is 1. The summed E-state index contributed by atoms with van der Waals surface area (Å²) in [5.41, 5.74) is 1.74. The highest BCUT2D eigenvalue weighted by atomic mass is 16.5. The van der Waals surface area contributed by atoms with Crippen LogP contribution in [-0.4, -0.2) is 56.9 Å². The molecule has 6 heteroatoms. The molecule has 1 aliphatic rings. The Morgan fingerprint density at radius 2 is 1.71 bits per heavy atom. The molecule has 0 saturated carbocycles. The first-order valence-electron chi connectivity index (χ1n) is 11.0. The second-order valence-corrected chi connectivity index (χ2v) is 8.34. The van der Waals surface area contributed by atoms with E-state index in [4.69, 9.17) is 14.2 Å². The summed E-state index contributed by atoms with van der Waals surface area (Å²) in [6.07, 6.45) is 5.07. The van der Waals surface area contributed by atoms with Crippen molar-refractivity contribution in [2.75, 3.05) is 27.4 Å². The van der Waals surface area contributed by atoms with Crippen LogP contribution in [0.3, 0.4) is 0 Å². The maximum Gasteiger partial charge on any atom is 0.161 e. The minimum Gasteiger partial charge on any atom is -0.493 e. The van der Waals surface area contributed by atoms with Crippen molar-refractivity contribution in [2.24, 2.45) is 4.99 Å². The second kappa shape index (κ2) is 11.2. The van der Waals surface area contributed by atoms with Crippen LogP contribution in [0.4, 0.5) is 5.69 Å². The number of piperidine rings is 1. The Balaban J connectivity index is 1.51. The van der Waals surface area contributed by atoms with E-state index in [0.717, 1.165) is 23.5 Å². The van der Waals surface area contributed by atoms with Crippen LogP contribution >= 0.6 is 0 Å². The molecule has 2 aromatic carbocycles. The quantitative estimate of drug-likeness (QED) is 0.604. The van der Waals surface area contributed by atoms with E-state index in [1.807, 2.05) is 42.5 Å². The highest BCUT2D eigenvalue weighted by Gasteiger charge is 2.30. The SMILES string of the molecule is COc1ccc(C=Nc2ccc(OC[C@@H](O)C[NH+]3[C@H](C)CCC[C@@H]3C)cc2)cc1OC. The number of hydrogen-bond donors (Lipinski definition) is 2. The molecule has 1 saturated heterocycles. The predicted octanol–water partition coefficient (Wildman–Crippen LogP) is 3.04. The van der Waals surface area contributed by atoms with Crippen molar-refractivity contribution in [1.29, 1.82) is 0 Å². The molecule has 4 atom stereocenters. The Labute approximate surface area is 185 Å². The zero-order chi connectivity index (χ0) is 22.2. The van der Waals surface area contributed by atoms with E-state index in [1.165, 1.54) is 24.2 Å². The van der Waals surface area contributed by atoms with Crippen molar-refractivity contribution in [3.05, 3.63) is 48.0 Å². The van der Waals surface area contributed by atoms with Crippen LogP contribution < -0.4 is 19.1 Å². The van der Waals surface area contributed by atoms with Gasteiger partial charge in [0.2, 0.25) is 0 Å². The first-order valence-corrected chi connectivity index (χ1v) is 11.0. The topological polar surface area (TPSA) is 64.7 Å². The van der Waals surface area contributed by atoms with Gasteiger partial charge < -0.3 is 24.2 Å². The van der Waals surface area contributed by atoms with Crippen LogP contribution in [0.2, 0.25) is 0 Å². The lowest BCUT2D eigenvalue weighted by molar-refractivity contribution is -0.954. The van der Waals surface area contributed by atoms with E-state index < -0.39 is 6.10 Å². The molecule has 1 aliphatic heterocycles. The molecule has 0 radical (unpaired) electrons. The summed E-state index contributed by atoms with van der Waals surface area (Å²) in [6, 6.07) is 14.4. The Morgan fingerprint density at radius 1 is 1.03 bits per heavy atom. The average molecular weight is 428 g/mol. The van der Waals surface area contributed by atoms with Gasteiger partial charge in [0.1, 0.15) is 25.0 Å². The summed E-state index contributed by atoms with van der Waals surface area (Å²) in [5.74, 6) is 2.09. The van der Waals surface area contributed by atoms with Crippen LogP contribution in [0.25, 0.3) is 0 Å². The molecular weight excluding hydrogens is 392 g/mol. The van der Waals surface area contributed by atoms with Crippen LogP contribution in [-0.2, 0) is 0 Å². The summed E-state index contributed by atoms with van der Waals surface area (Å²) in [4.78, 5) is 6.00. The number of aliphatic imine (C=N–C) groups is 1. The Morgan fingerprint density at radius 3 is 2.35 bits per heavy atom. The molecule has 2 aromatic rings. The minimum atomic E-state index is -0.472. The number of nitrogens with one attached hydrogen (secondary N) is 1. The second-order valence-electron chi connectivity index (χ2n) is 8.34. The van der Waals surface area contributed by atoms with Gasteiger partial charge in [0, 0.05) is 6.21 Å². The molecule has 0 aliphatic carbocycles. The predicted molar refractivity (Wildman–Crippen MR) is 123 cm³/mol. The van der Waals surface area contributed by atoms with Crippen molar-refractivity contribution in [1.82, 2.24) is 0 Å². The molecule has 31 heavy (non-hydrogen) atoms. The van der Waals surface area contributed by atoms with E-state index in [1.54, 1.807) is 20.4 Å². The summed E-state index contributed by atoms with van der Waals surface area (Å²) in [5, 5.41) is 10.5. The van der Waals surface area contributed by atoms with E-state index >= 15 is 0 Å². The largest absolute Gasteiger partial charge is 0.493 e. The van der Waals surface area contributed by atoms with Crippen LogP contribution in [0.1, 0.15) is 38.7 Å². The molecule has 3 rings (SSSR count). The highest BCUT2D eigenvalue weighted by molar-refractivity contribution is 5.83. The van der Waals surface area contributed by atoms with E-state index in [-0.39, 0.29) is 0 Å². The molecule has 168 valence electrons. The van der Waals surface area contributed by atoms with Crippen molar-refractivity contribution < 1.29 is 24.2 Å². The molecule has 6 nitrogen and oxygen atoms in total. The lowest BCUT2D eigenvalue weighted by Crippen LogP contribution is -3.20. The van der Waals surface area contributed by atoms with E-state index in [2.05, 4.69) is 18.8 Å². The van der Waals surface area contributed by atoms with Gasteiger partial charge in [-0.2, -0.15) is 0 Å². The number of hydrogen-bond acceptors (Lipinski definition) is 5. The molecular formula is C25H35N2O4+. The van der Waals surface area contributed by atoms with Crippen molar-refractivity contribution >= 4 is 11.9 Å². The Kier molecular flexibility index (Phi) is 8.32. The van der Waals surface area contributed by atoms with Crippen molar-refractivity contribution in [3.63, 3.8) is 0 Å². The summed E-state index contributed by atoms with van der Waals surface area (Å²) < 4.78 is 16.4. The first kappa shape index (κ1) is 23.1. The van der Waals surface area contributed by atoms with Gasteiger partial charge in [-0.15, -0.1) is 0 Å². The van der Waals surface area contributed by atoms with Gasteiger partial charge in [0.15, 0.2) is 11.5 Å². The fourth-order valence-electron chi connectivity index (χ4n) is 4.22. The van der Waals surface area contributed by atoms with E-state index in [9.17, 15) is 5.11 Å². The number of benzene rings is 2. The Hall–Kier alpha value is -2.57. The summed E-state index contributed by atoms with van der Waals surface area (Å²) in [6.45, 7) is 5.59. The maximum absolute atomic E-state index is 10.5. The van der Waals surface area contributed by atoms with Crippen LogP contribution in [0.15, 0.2) is 47.5 Å². The van der Waals surface area contributed by atoms with Gasteiger partial charge in [0.05, 0.1) is 32.0 Å². The van der Waals surface area contributed by atoms with Crippen LogP contribution in [0.5, 0.6) is 17.2 Å². The molecule has 0 amide bonds. The number of nitrogens with zero attached hydrogens (tertiary/aromatic N) is 1. The number of aliphatic hydroxyl groups excluding tert-OH is 1. The number of ether oxygens (including phenoxy) is 3. The Bertz CT molecular complexity index is 843. The summed E-state index contributed by atoms with van der Waals surface area (Å²) >= 11 is 0. The van der Waals surface area contributed by atoms with Gasteiger partial charge in [-0.25, -0.2) is 0 Å². The summed E-state index contributed by atoms with van der Waals surface area (Å²) in [7, 11) is 3.23. The standard InChI is InChI=1S/C25H34N2O4/c1-18-6-5-7-19(2)27(18)16-22(28)17-31-23-11-9-21(10-12-23)26-15-20-8-13-24(29-3)25(14-20)30-4/h8-15,18-19,22,28H,5-7,16-17H2,1-4H3/p+1/t18-,19+,22-/m0/s1. The highest BCUT2D eigenvalue weighted by Crippen LogP contribution is 2.27. The molecule has 0 spiro atoms. The van der Waals surface area contributed by atoms with Crippen molar-refractivity contribution in [3.8, 4) is 17.2 Å². The van der Waals surface area contributed by atoms with E-state index in [0.29, 0.717) is 30.2 Å². The normalized spacial score (nSPS) is 22.3. The fourth-order valence-corrected chi connectivity index (χ4v) is 4.22. The van der Waals surface area contributed by atoms with Crippen molar-refractivity contribution in [2.45, 2.75) is 51.3 Å². The molecule has 1 unspecified atom stereocenters. The molecule has 0 aromatic heterocycles. The van der Waals surface area contributed by atoms with Crippen LogP contribution in [0, 0.1) is 0 Å². The van der Waals surface area contributed by atoms with Gasteiger partial charge in [-0.3, -0.25) is 4.99 Å². The van der Waals surface area contributed by atoms with Gasteiger partial charge >= 0.3 is 0 Å². The molecule has 1 heterocycles. The third kappa shape index (κ3) is 6.45. The number of rotatable bonds is 9. The molecule has 1 fully saturated rings. The number of likely N-dealkylation sites (tertiary alicyclic amines) is 1. The number of quaternary nitrogens is 1. The zero-order valence-corrected chi connectivity index (χ0v) is 19.0. The smallest absolute Gasteiger partial charge is 0.161 e. The van der Waals surface area contributed by atoms with Gasteiger partial charge in [0.25, 0.3) is 0 Å². The third-order valence-electron chi connectivity index (χ3n) is 6.06.